The van der Waals surface area contributed by atoms with Crippen molar-refractivity contribution >= 4 is 0 Å². The van der Waals surface area contributed by atoms with Gasteiger partial charge in [0.2, 0.25) is 0 Å². The molecule has 0 atom stereocenters. The third kappa shape index (κ3) is 2.41. The molecule has 0 saturated carbocycles. The van der Waals surface area contributed by atoms with Crippen LogP contribution in [0.15, 0.2) is 35.0 Å². The van der Waals surface area contributed by atoms with Crippen molar-refractivity contribution in [3.63, 3.8) is 0 Å². The molecule has 2 aromatic rings. The first-order valence-electron chi connectivity index (χ1n) is 5.17. The van der Waals surface area contributed by atoms with Crippen molar-refractivity contribution < 1.29 is 9.26 Å². The van der Waals surface area contributed by atoms with E-state index >= 15 is 0 Å². The summed E-state index contributed by atoms with van der Waals surface area (Å²) in [6.07, 6.45) is 2.44. The number of rotatable bonds is 4. The van der Waals surface area contributed by atoms with Crippen molar-refractivity contribution in [2.45, 2.75) is 13.3 Å². The average molecular weight is 218 g/mol. The lowest BCUT2D eigenvalue weighted by Crippen LogP contribution is -2.02. The van der Waals surface area contributed by atoms with Gasteiger partial charge in [0.25, 0.3) is 0 Å². The third-order valence-electron chi connectivity index (χ3n) is 2.29. The molecule has 0 spiro atoms. The van der Waals surface area contributed by atoms with Gasteiger partial charge in [-0.15, -0.1) is 0 Å². The molecule has 1 heterocycles. The summed E-state index contributed by atoms with van der Waals surface area (Å²) in [5.41, 5.74) is 6.68. The van der Waals surface area contributed by atoms with Crippen molar-refractivity contribution in [3.8, 4) is 11.5 Å². The van der Waals surface area contributed by atoms with Crippen LogP contribution in [0.5, 0.6) is 11.5 Å². The number of hydrogen-bond acceptors (Lipinski definition) is 4. The highest BCUT2D eigenvalue weighted by atomic mass is 16.5. The van der Waals surface area contributed by atoms with E-state index in [0.29, 0.717) is 18.1 Å². The Morgan fingerprint density at radius 2 is 2.06 bits per heavy atom. The second kappa shape index (κ2) is 4.81. The maximum atomic E-state index is 5.59. The molecule has 2 N–H and O–H groups in total. The van der Waals surface area contributed by atoms with E-state index in [1.165, 1.54) is 5.56 Å². The molecule has 0 saturated heterocycles. The molecule has 0 fully saturated rings. The van der Waals surface area contributed by atoms with E-state index in [9.17, 15) is 0 Å². The molecular weight excluding hydrogens is 204 g/mol. The summed E-state index contributed by atoms with van der Waals surface area (Å²) >= 11 is 0. The van der Waals surface area contributed by atoms with Crippen LogP contribution in [0.1, 0.15) is 11.3 Å². The fraction of sp³-hybridized carbons (Fsp3) is 0.250. The van der Waals surface area contributed by atoms with Gasteiger partial charge in [-0.3, -0.25) is 0 Å². The Bertz CT molecular complexity index is 448. The van der Waals surface area contributed by atoms with Gasteiger partial charge in [-0.25, -0.2) is 0 Å². The van der Waals surface area contributed by atoms with Crippen molar-refractivity contribution in [1.82, 2.24) is 5.16 Å². The second-order valence-corrected chi connectivity index (χ2v) is 3.53. The predicted molar refractivity (Wildman–Crippen MR) is 60.5 cm³/mol. The van der Waals surface area contributed by atoms with Crippen LogP contribution in [0.4, 0.5) is 0 Å². The van der Waals surface area contributed by atoms with E-state index in [1.54, 1.807) is 6.20 Å². The molecule has 1 aromatic carbocycles. The van der Waals surface area contributed by atoms with E-state index in [4.69, 9.17) is 15.0 Å². The summed E-state index contributed by atoms with van der Waals surface area (Å²) in [4.78, 5) is 0. The van der Waals surface area contributed by atoms with Crippen LogP contribution in [0.2, 0.25) is 0 Å². The standard InChI is InChI=1S/C12H14N2O2/c1-9-12(8-14-16-9)15-11-4-2-10(3-5-11)6-7-13/h2-5,8H,6-7,13H2,1H3. The minimum Gasteiger partial charge on any atom is -0.452 e. The van der Waals surface area contributed by atoms with Gasteiger partial charge in [0.1, 0.15) is 11.9 Å². The van der Waals surface area contributed by atoms with Crippen LogP contribution in [0.25, 0.3) is 0 Å². The Balaban J connectivity index is 2.08. The molecule has 0 amide bonds. The number of hydrogen-bond donors (Lipinski definition) is 1. The van der Waals surface area contributed by atoms with Gasteiger partial charge in [0, 0.05) is 6.92 Å². The Hall–Kier alpha value is -1.81. The summed E-state index contributed by atoms with van der Waals surface area (Å²) in [6.45, 7) is 2.47. The van der Waals surface area contributed by atoms with E-state index < -0.39 is 0 Å². The summed E-state index contributed by atoms with van der Waals surface area (Å²) in [5.74, 6) is 2.09. The summed E-state index contributed by atoms with van der Waals surface area (Å²) < 4.78 is 10.5. The molecular formula is C12H14N2O2. The van der Waals surface area contributed by atoms with Gasteiger partial charge in [0.15, 0.2) is 11.5 Å². The Labute approximate surface area is 94.0 Å². The first-order valence-corrected chi connectivity index (χ1v) is 5.17. The zero-order chi connectivity index (χ0) is 11.4. The Morgan fingerprint density at radius 3 is 2.62 bits per heavy atom. The molecule has 2 rings (SSSR count). The van der Waals surface area contributed by atoms with Crippen LogP contribution in [0, 0.1) is 6.92 Å². The summed E-state index contributed by atoms with van der Waals surface area (Å²) in [7, 11) is 0. The normalized spacial score (nSPS) is 10.4. The fourth-order valence-electron chi connectivity index (χ4n) is 1.41. The minimum absolute atomic E-state index is 0.645. The van der Waals surface area contributed by atoms with E-state index in [0.717, 1.165) is 12.2 Å². The van der Waals surface area contributed by atoms with Crippen molar-refractivity contribution in [3.05, 3.63) is 41.8 Å². The van der Waals surface area contributed by atoms with Crippen LogP contribution < -0.4 is 10.5 Å². The first-order chi connectivity index (χ1) is 7.79. The number of benzene rings is 1. The number of nitrogens with two attached hydrogens (primary N) is 1. The maximum Gasteiger partial charge on any atom is 0.189 e. The lowest BCUT2D eigenvalue weighted by atomic mass is 10.1. The fourth-order valence-corrected chi connectivity index (χ4v) is 1.41. The van der Waals surface area contributed by atoms with Gasteiger partial charge in [0.05, 0.1) is 0 Å². The molecule has 16 heavy (non-hydrogen) atoms. The van der Waals surface area contributed by atoms with E-state index in [2.05, 4.69) is 5.16 Å². The summed E-state index contributed by atoms with van der Waals surface area (Å²) in [5, 5.41) is 3.65. The Morgan fingerprint density at radius 1 is 1.31 bits per heavy atom. The highest BCUT2D eigenvalue weighted by molar-refractivity contribution is 5.32. The lowest BCUT2D eigenvalue weighted by molar-refractivity contribution is 0.386. The van der Waals surface area contributed by atoms with E-state index in [1.807, 2.05) is 31.2 Å². The van der Waals surface area contributed by atoms with E-state index in [-0.39, 0.29) is 0 Å². The lowest BCUT2D eigenvalue weighted by Gasteiger charge is -2.04. The summed E-state index contributed by atoms with van der Waals surface area (Å²) in [6, 6.07) is 7.84. The zero-order valence-electron chi connectivity index (χ0n) is 9.14. The second-order valence-electron chi connectivity index (χ2n) is 3.53. The number of ether oxygens (including phenoxy) is 1. The first kappa shape index (κ1) is 10.7. The number of nitrogens with zero attached hydrogens (tertiary/aromatic N) is 1. The number of aryl methyl sites for hydroxylation is 1. The van der Waals surface area contributed by atoms with Gasteiger partial charge in [-0.1, -0.05) is 17.3 Å². The molecule has 84 valence electrons. The van der Waals surface area contributed by atoms with Crippen molar-refractivity contribution in [1.29, 1.82) is 0 Å². The van der Waals surface area contributed by atoms with Gasteiger partial charge >= 0.3 is 0 Å². The molecule has 0 aliphatic heterocycles. The van der Waals surface area contributed by atoms with Gasteiger partial charge < -0.3 is 15.0 Å². The highest BCUT2D eigenvalue weighted by Crippen LogP contribution is 2.24. The van der Waals surface area contributed by atoms with Gasteiger partial charge in [-0.05, 0) is 30.7 Å². The molecule has 1 aromatic heterocycles. The highest BCUT2D eigenvalue weighted by Gasteiger charge is 2.05. The van der Waals surface area contributed by atoms with Crippen LogP contribution >= 0.6 is 0 Å². The number of aromatic nitrogens is 1. The largest absolute Gasteiger partial charge is 0.452 e. The maximum absolute atomic E-state index is 5.59. The molecule has 0 bridgehead atoms. The smallest absolute Gasteiger partial charge is 0.189 e. The molecule has 0 radical (unpaired) electrons. The SMILES string of the molecule is Cc1oncc1Oc1ccc(CCN)cc1. The third-order valence-corrected chi connectivity index (χ3v) is 2.29. The van der Waals surface area contributed by atoms with Crippen molar-refractivity contribution in [2.24, 2.45) is 5.73 Å². The minimum atomic E-state index is 0.645. The average Bonchev–Trinajstić information content (AvgIpc) is 2.68. The Kier molecular flexibility index (Phi) is 3.22. The molecule has 4 nitrogen and oxygen atoms in total. The topological polar surface area (TPSA) is 61.3 Å². The molecule has 0 aliphatic rings. The zero-order valence-corrected chi connectivity index (χ0v) is 9.14. The molecule has 0 unspecified atom stereocenters. The van der Waals surface area contributed by atoms with Crippen molar-refractivity contribution in [2.75, 3.05) is 6.54 Å². The van der Waals surface area contributed by atoms with Crippen LogP contribution in [-0.4, -0.2) is 11.7 Å². The van der Waals surface area contributed by atoms with Gasteiger partial charge in [-0.2, -0.15) is 0 Å². The molecule has 0 aliphatic carbocycles. The predicted octanol–water partition coefficient (Wildman–Crippen LogP) is 2.28. The van der Waals surface area contributed by atoms with Crippen LogP contribution in [-0.2, 0) is 6.42 Å². The monoisotopic (exact) mass is 218 g/mol. The van der Waals surface area contributed by atoms with Crippen LogP contribution in [0.3, 0.4) is 0 Å². The quantitative estimate of drug-likeness (QED) is 0.855. The molecule has 4 heteroatoms.